The molecule has 1 heterocycles. The third kappa shape index (κ3) is 3.47. The van der Waals surface area contributed by atoms with Gasteiger partial charge in [-0.15, -0.1) is 0 Å². The Kier molecular flexibility index (Phi) is 3.88. The fraction of sp³-hybridized carbons (Fsp3) is 0.818. The third-order valence-corrected chi connectivity index (χ3v) is 2.34. The number of nitrogens with zero attached hydrogens (tertiary/aromatic N) is 1. The number of piperidine rings is 1. The van der Waals surface area contributed by atoms with Crippen molar-refractivity contribution in [3.63, 3.8) is 0 Å². The maximum Gasteiger partial charge on any atom is 0.410 e. The molecule has 0 spiro atoms. The van der Waals surface area contributed by atoms with Crippen molar-refractivity contribution >= 4 is 11.9 Å². The van der Waals surface area contributed by atoms with Crippen LogP contribution in [0.1, 0.15) is 33.6 Å². The highest BCUT2D eigenvalue weighted by atomic mass is 19.1. The molecule has 1 aliphatic heterocycles. The summed E-state index contributed by atoms with van der Waals surface area (Å²) in [4.78, 5) is 24.2. The monoisotopic (exact) mass is 231 g/mol. The van der Waals surface area contributed by atoms with Gasteiger partial charge >= 0.3 is 6.09 Å². The molecule has 0 N–H and O–H groups in total. The summed E-state index contributed by atoms with van der Waals surface area (Å²) in [6, 6.07) is -0.656. The zero-order valence-electron chi connectivity index (χ0n) is 9.96. The van der Waals surface area contributed by atoms with Crippen molar-refractivity contribution in [3.05, 3.63) is 0 Å². The van der Waals surface area contributed by atoms with Gasteiger partial charge in [0.15, 0.2) is 0 Å². The number of amides is 1. The van der Waals surface area contributed by atoms with E-state index < -0.39 is 24.4 Å². The summed E-state index contributed by atoms with van der Waals surface area (Å²) < 4.78 is 17.8. The molecule has 5 heteroatoms. The third-order valence-electron chi connectivity index (χ3n) is 2.34. The Hall–Kier alpha value is -1.13. The maximum atomic E-state index is 12.7. The highest BCUT2D eigenvalue weighted by Gasteiger charge is 2.33. The average molecular weight is 231 g/mol. The molecule has 0 bridgehead atoms. The van der Waals surface area contributed by atoms with Crippen molar-refractivity contribution in [2.24, 2.45) is 0 Å². The highest BCUT2D eigenvalue weighted by molar-refractivity contribution is 5.82. The first-order valence-electron chi connectivity index (χ1n) is 5.41. The molecule has 0 aliphatic carbocycles. The zero-order chi connectivity index (χ0) is 12.3. The lowest BCUT2D eigenvalue weighted by Gasteiger charge is -2.34. The molecule has 16 heavy (non-hydrogen) atoms. The lowest BCUT2D eigenvalue weighted by Crippen LogP contribution is -2.49. The molecule has 0 unspecified atom stereocenters. The summed E-state index contributed by atoms with van der Waals surface area (Å²) in [5.74, 6) is 0.00228. The second-order valence-corrected chi connectivity index (χ2v) is 4.97. The smallest absolute Gasteiger partial charge is 0.410 e. The van der Waals surface area contributed by atoms with E-state index >= 15 is 0 Å². The Morgan fingerprint density at radius 2 is 2.19 bits per heavy atom. The molecule has 1 atom stereocenters. The average Bonchev–Trinajstić information content (AvgIpc) is 2.14. The van der Waals surface area contributed by atoms with Gasteiger partial charge in [-0.05, 0) is 20.8 Å². The fourth-order valence-corrected chi connectivity index (χ4v) is 1.60. The number of rotatable bonds is 1. The minimum absolute atomic E-state index is 0.00228. The van der Waals surface area contributed by atoms with E-state index in [4.69, 9.17) is 4.74 Å². The molecular weight excluding hydrogens is 213 g/mol. The molecule has 4 nitrogen and oxygen atoms in total. The van der Waals surface area contributed by atoms with Gasteiger partial charge in [-0.2, -0.15) is 0 Å². The van der Waals surface area contributed by atoms with Crippen LogP contribution in [-0.2, 0) is 9.53 Å². The Balaban J connectivity index is 2.64. The topological polar surface area (TPSA) is 46.6 Å². The predicted octanol–water partition coefficient (Wildman–Crippen LogP) is 1.92. The molecule has 92 valence electrons. The minimum atomic E-state index is -0.703. The van der Waals surface area contributed by atoms with E-state index in [2.05, 4.69) is 0 Å². The van der Waals surface area contributed by atoms with Crippen LogP contribution in [0.4, 0.5) is 9.18 Å². The maximum absolute atomic E-state index is 12.7. The number of halogens is 1. The van der Waals surface area contributed by atoms with Crippen LogP contribution in [0, 0.1) is 0 Å². The number of hydrogen-bond acceptors (Lipinski definition) is 3. The van der Waals surface area contributed by atoms with E-state index in [1.54, 1.807) is 20.8 Å². The van der Waals surface area contributed by atoms with E-state index in [1.165, 1.54) is 4.90 Å². The van der Waals surface area contributed by atoms with Crippen molar-refractivity contribution < 1.29 is 18.7 Å². The van der Waals surface area contributed by atoms with Crippen LogP contribution in [0.5, 0.6) is 0 Å². The van der Waals surface area contributed by atoms with Crippen LogP contribution in [0.15, 0.2) is 0 Å². The first kappa shape index (κ1) is 12.9. The van der Waals surface area contributed by atoms with Gasteiger partial charge in [-0.25, -0.2) is 9.18 Å². The molecule has 1 rings (SSSR count). The van der Waals surface area contributed by atoms with Crippen molar-refractivity contribution in [1.82, 2.24) is 4.90 Å². The van der Waals surface area contributed by atoms with Crippen LogP contribution in [-0.4, -0.2) is 41.6 Å². The summed E-state index contributed by atoms with van der Waals surface area (Å²) >= 11 is 0. The number of alkyl halides is 1. The molecule has 0 saturated carbocycles. The van der Waals surface area contributed by atoms with Gasteiger partial charge in [0.2, 0.25) is 0 Å². The Morgan fingerprint density at radius 3 is 2.69 bits per heavy atom. The quantitative estimate of drug-likeness (QED) is 0.692. The largest absolute Gasteiger partial charge is 0.444 e. The van der Waals surface area contributed by atoms with Crippen LogP contribution in [0.25, 0.3) is 0 Å². The first-order chi connectivity index (χ1) is 7.33. The van der Waals surface area contributed by atoms with Crippen molar-refractivity contribution in [3.8, 4) is 0 Å². The van der Waals surface area contributed by atoms with Crippen molar-refractivity contribution in [1.29, 1.82) is 0 Å². The molecular formula is C11H18FNO3. The molecule has 0 aromatic rings. The number of Topliss-reactive ketones (excluding diaryl/α,β-unsaturated/α-hetero) is 1. The van der Waals surface area contributed by atoms with Crippen molar-refractivity contribution in [2.75, 3.05) is 13.2 Å². The second kappa shape index (κ2) is 4.80. The number of ketones is 1. The van der Waals surface area contributed by atoms with Crippen LogP contribution < -0.4 is 0 Å². The molecule has 1 saturated heterocycles. The van der Waals surface area contributed by atoms with E-state index in [9.17, 15) is 14.0 Å². The molecule has 0 radical (unpaired) electrons. The van der Waals surface area contributed by atoms with E-state index in [0.717, 1.165) is 0 Å². The minimum Gasteiger partial charge on any atom is -0.444 e. The van der Waals surface area contributed by atoms with Gasteiger partial charge in [0.1, 0.15) is 18.1 Å². The molecule has 1 fully saturated rings. The highest BCUT2D eigenvalue weighted by Crippen LogP contribution is 2.18. The molecule has 0 aromatic heterocycles. The number of carbonyl (C=O) groups excluding carboxylic acids is 2. The van der Waals surface area contributed by atoms with Gasteiger partial charge < -0.3 is 9.64 Å². The van der Waals surface area contributed by atoms with E-state index in [1.807, 2.05) is 0 Å². The summed E-state index contributed by atoms with van der Waals surface area (Å²) in [5.41, 5.74) is -0.598. The molecule has 1 aliphatic rings. The summed E-state index contributed by atoms with van der Waals surface area (Å²) in [7, 11) is 0. The Labute approximate surface area is 94.7 Å². The SMILES string of the molecule is CC(C)(C)OC(=O)N1CCC(=O)C[C@@H]1CF. The normalized spacial score (nSPS) is 22.1. The second-order valence-electron chi connectivity index (χ2n) is 4.97. The van der Waals surface area contributed by atoms with Crippen LogP contribution >= 0.6 is 0 Å². The fourth-order valence-electron chi connectivity index (χ4n) is 1.60. The Bertz CT molecular complexity index is 285. The standard InChI is InChI=1S/C11H18FNO3/c1-11(2,3)16-10(15)13-5-4-9(14)6-8(13)7-12/h8H,4-7H2,1-3H3/t8-/m1/s1. The van der Waals surface area contributed by atoms with Gasteiger partial charge in [0, 0.05) is 19.4 Å². The summed E-state index contributed by atoms with van der Waals surface area (Å²) in [6.45, 7) is 4.81. The van der Waals surface area contributed by atoms with Crippen LogP contribution in [0.2, 0.25) is 0 Å². The molecule has 0 aromatic carbocycles. The summed E-state index contributed by atoms with van der Waals surface area (Å²) in [5, 5.41) is 0. The lowest BCUT2D eigenvalue weighted by molar-refractivity contribution is -0.123. The summed E-state index contributed by atoms with van der Waals surface area (Å²) in [6.07, 6.45) is -0.159. The van der Waals surface area contributed by atoms with Gasteiger partial charge in [-0.3, -0.25) is 4.79 Å². The number of likely N-dealkylation sites (tertiary alicyclic amines) is 1. The predicted molar refractivity (Wildman–Crippen MR) is 56.9 cm³/mol. The lowest BCUT2D eigenvalue weighted by atomic mass is 10.0. The van der Waals surface area contributed by atoms with E-state index in [0.29, 0.717) is 0 Å². The number of carbonyl (C=O) groups is 2. The van der Waals surface area contributed by atoms with Gasteiger partial charge in [-0.1, -0.05) is 0 Å². The van der Waals surface area contributed by atoms with Gasteiger partial charge in [0.25, 0.3) is 0 Å². The van der Waals surface area contributed by atoms with Crippen molar-refractivity contribution in [2.45, 2.75) is 45.3 Å². The number of ether oxygens (including phenoxy) is 1. The van der Waals surface area contributed by atoms with Gasteiger partial charge in [0.05, 0.1) is 6.04 Å². The first-order valence-corrected chi connectivity index (χ1v) is 5.41. The Morgan fingerprint density at radius 1 is 1.56 bits per heavy atom. The molecule has 1 amide bonds. The van der Waals surface area contributed by atoms with E-state index in [-0.39, 0.29) is 25.2 Å². The number of hydrogen-bond donors (Lipinski definition) is 0. The van der Waals surface area contributed by atoms with Crippen LogP contribution in [0.3, 0.4) is 0 Å². The zero-order valence-corrected chi connectivity index (χ0v) is 9.96.